The summed E-state index contributed by atoms with van der Waals surface area (Å²) in [6, 6.07) is 4.18. The molecule has 3 rings (SSSR count). The van der Waals surface area contributed by atoms with Crippen molar-refractivity contribution in [3.05, 3.63) is 34.3 Å². The monoisotopic (exact) mass is 337 g/mol. The molecule has 0 spiro atoms. The number of hydrogen-bond donors (Lipinski definition) is 1. The van der Waals surface area contributed by atoms with Crippen LogP contribution in [0.2, 0.25) is 5.02 Å². The largest absolute Gasteiger partial charge is 0.314 e. The summed E-state index contributed by atoms with van der Waals surface area (Å²) in [6.07, 6.45) is 3.83. The van der Waals surface area contributed by atoms with Crippen molar-refractivity contribution in [2.24, 2.45) is 5.41 Å². The molecule has 22 heavy (non-hydrogen) atoms. The second kappa shape index (κ2) is 7.01. The molecule has 0 amide bonds. The van der Waals surface area contributed by atoms with Crippen LogP contribution >= 0.6 is 19.1 Å². The predicted molar refractivity (Wildman–Crippen MR) is 98.7 cm³/mol. The number of halogens is 1. The average Bonchev–Trinajstić information content (AvgIpc) is 2.51. The predicted octanol–water partition coefficient (Wildman–Crippen LogP) is 4.93. The second-order valence-corrected chi connectivity index (χ2v) is 9.73. The fourth-order valence-corrected chi connectivity index (χ4v) is 6.03. The zero-order valence-electron chi connectivity index (χ0n) is 13.7. The van der Waals surface area contributed by atoms with Crippen molar-refractivity contribution in [1.29, 1.82) is 0 Å². The van der Waals surface area contributed by atoms with E-state index in [-0.39, 0.29) is 7.53 Å². The van der Waals surface area contributed by atoms with Crippen molar-refractivity contribution in [3.8, 4) is 0 Å². The molecule has 1 aromatic heterocycles. The molecule has 2 nitrogen and oxygen atoms in total. The molecule has 1 saturated heterocycles. The van der Waals surface area contributed by atoms with Gasteiger partial charge in [0.15, 0.2) is 7.53 Å². The molecule has 2 heterocycles. The van der Waals surface area contributed by atoms with Crippen molar-refractivity contribution in [2.45, 2.75) is 33.1 Å². The molecule has 0 saturated carbocycles. The maximum atomic E-state index is 6.09. The van der Waals surface area contributed by atoms with Crippen LogP contribution < -0.4 is 5.32 Å². The molecule has 0 unspecified atom stereocenters. The zero-order chi connectivity index (χ0) is 15.6. The maximum Gasteiger partial charge on any atom is 0.158 e. The second-order valence-electron chi connectivity index (χ2n) is 7.34. The molecular formula is C18H27ClN2P+. The molecule has 0 radical (unpaired) electrons. The molecule has 1 aromatic rings. The lowest BCUT2D eigenvalue weighted by molar-refractivity contribution is 0.250. The first-order valence-corrected chi connectivity index (χ1v) is 10.2. The van der Waals surface area contributed by atoms with Crippen LogP contribution in [0.25, 0.3) is 5.31 Å². The highest BCUT2D eigenvalue weighted by atomic mass is 35.5. The van der Waals surface area contributed by atoms with Crippen LogP contribution in [0, 0.1) is 5.41 Å². The first kappa shape index (κ1) is 16.5. The number of hydrogen-bond acceptors (Lipinski definition) is 2. The van der Waals surface area contributed by atoms with Crippen molar-refractivity contribution in [3.63, 3.8) is 0 Å². The fraction of sp³-hybridized carbons (Fsp3) is 0.611. The summed E-state index contributed by atoms with van der Waals surface area (Å²) in [5, 5.41) is 6.02. The van der Waals surface area contributed by atoms with Gasteiger partial charge in [-0.1, -0.05) is 25.4 Å². The van der Waals surface area contributed by atoms with Gasteiger partial charge in [-0.05, 0) is 36.0 Å². The van der Waals surface area contributed by atoms with E-state index in [9.17, 15) is 0 Å². The van der Waals surface area contributed by atoms with Gasteiger partial charge in [0, 0.05) is 44.2 Å². The average molecular weight is 338 g/mol. The van der Waals surface area contributed by atoms with E-state index in [1.807, 2.05) is 0 Å². The van der Waals surface area contributed by atoms with Gasteiger partial charge in [-0.2, -0.15) is 0 Å². The topological polar surface area (TPSA) is 15.3 Å². The Hall–Kier alpha value is -0.400. The Kier molecular flexibility index (Phi) is 5.24. The van der Waals surface area contributed by atoms with E-state index in [1.165, 1.54) is 38.9 Å². The minimum Gasteiger partial charge on any atom is -0.314 e. The Bertz CT molecular complexity index is 545. The van der Waals surface area contributed by atoms with Crippen LogP contribution in [0.1, 0.15) is 33.1 Å². The minimum atomic E-state index is -0.270. The molecule has 0 atom stereocenters. The lowest BCUT2D eigenvalue weighted by Crippen LogP contribution is -2.44. The van der Waals surface area contributed by atoms with Crippen molar-refractivity contribution < 1.29 is 0 Å². The number of piperazine rings is 1. The quantitative estimate of drug-likeness (QED) is 0.841. The molecule has 1 aliphatic heterocycles. The zero-order valence-corrected chi connectivity index (χ0v) is 15.4. The van der Waals surface area contributed by atoms with E-state index in [1.54, 1.807) is 10.9 Å². The summed E-state index contributed by atoms with van der Waals surface area (Å²) in [4.78, 5) is 2.62. The number of rotatable bonds is 3. The molecule has 4 heteroatoms. The highest BCUT2D eigenvalue weighted by Crippen LogP contribution is 2.52. The Labute approximate surface area is 140 Å². The third-order valence-corrected chi connectivity index (χ3v) is 7.17. The van der Waals surface area contributed by atoms with Crippen molar-refractivity contribution in [2.75, 3.05) is 32.7 Å². The van der Waals surface area contributed by atoms with Gasteiger partial charge in [-0.15, -0.1) is 0 Å². The lowest BCUT2D eigenvalue weighted by atomic mass is 9.78. The highest BCUT2D eigenvalue weighted by Gasteiger charge is 2.33. The van der Waals surface area contributed by atoms with E-state index in [0.29, 0.717) is 5.41 Å². The van der Waals surface area contributed by atoms with Gasteiger partial charge in [0.25, 0.3) is 0 Å². The minimum absolute atomic E-state index is 0.270. The van der Waals surface area contributed by atoms with Crippen molar-refractivity contribution >= 4 is 24.4 Å². The first-order chi connectivity index (χ1) is 10.5. The smallest absolute Gasteiger partial charge is 0.158 e. The van der Waals surface area contributed by atoms with E-state index < -0.39 is 0 Å². The van der Waals surface area contributed by atoms with Crippen molar-refractivity contribution in [1.82, 2.24) is 10.2 Å². The summed E-state index contributed by atoms with van der Waals surface area (Å²) in [6.45, 7) is 10.6. The summed E-state index contributed by atoms with van der Waals surface area (Å²) in [5.74, 6) is 4.68. The van der Waals surface area contributed by atoms with Gasteiger partial charge in [-0.25, -0.2) is 0 Å². The van der Waals surface area contributed by atoms with Gasteiger partial charge in [0.2, 0.25) is 0 Å². The number of allylic oxidation sites excluding steroid dienone is 1. The van der Waals surface area contributed by atoms with E-state index >= 15 is 0 Å². The molecule has 0 bridgehead atoms. The Balaban J connectivity index is 1.87. The third-order valence-electron chi connectivity index (χ3n) is 4.88. The molecule has 1 N–H and O–H groups in total. The van der Waals surface area contributed by atoms with Gasteiger partial charge in [0.05, 0.1) is 0 Å². The lowest BCUT2D eigenvalue weighted by Gasteiger charge is -2.33. The maximum absolute atomic E-state index is 6.09. The molecule has 1 fully saturated rings. The Morgan fingerprint density at radius 3 is 2.59 bits per heavy atom. The van der Waals surface area contributed by atoms with Crippen LogP contribution in [0.3, 0.4) is 0 Å². The molecule has 120 valence electrons. The number of nitrogens with one attached hydrogen (secondary N) is 1. The summed E-state index contributed by atoms with van der Waals surface area (Å²) >= 11 is 6.09. The van der Waals surface area contributed by atoms with E-state index in [0.717, 1.165) is 18.1 Å². The standard InChI is InChI=1S/C18H27ClN2P/c1-18(2)6-3-15(14-21-9-7-20-8-10-21)17(13-18)22-11-4-16(19)5-12-22/h4-5,11-12,20H,3,6-10,13-14H2,1-2H3/q+1. The van der Waals surface area contributed by atoms with Gasteiger partial charge in [0.1, 0.15) is 16.9 Å². The van der Waals surface area contributed by atoms with Crippen LogP contribution in [-0.2, 0) is 0 Å². The SMILES string of the molecule is CC1(C)CCC(CN2CCNCC2)=C([p+]2ccc(Cl)cc2)C1. The summed E-state index contributed by atoms with van der Waals surface area (Å²) in [5.41, 5.74) is 2.15. The van der Waals surface area contributed by atoms with Crippen LogP contribution in [0.5, 0.6) is 0 Å². The number of nitrogens with zero attached hydrogens (tertiary/aromatic N) is 1. The fourth-order valence-electron chi connectivity index (χ4n) is 3.47. The Morgan fingerprint density at radius 2 is 1.91 bits per heavy atom. The van der Waals surface area contributed by atoms with Crippen LogP contribution in [-0.4, -0.2) is 37.6 Å². The Morgan fingerprint density at radius 1 is 1.23 bits per heavy atom. The van der Waals surface area contributed by atoms with E-state index in [2.05, 4.69) is 47.8 Å². The normalized spacial score (nSPS) is 22.9. The van der Waals surface area contributed by atoms with Crippen LogP contribution in [0.15, 0.2) is 29.3 Å². The van der Waals surface area contributed by atoms with Gasteiger partial charge < -0.3 is 5.32 Å². The first-order valence-electron chi connectivity index (χ1n) is 8.35. The third kappa shape index (κ3) is 4.11. The molecule has 2 aliphatic rings. The highest BCUT2D eigenvalue weighted by molar-refractivity contribution is 7.59. The molecule has 1 aliphatic carbocycles. The molecule has 0 aromatic carbocycles. The summed E-state index contributed by atoms with van der Waals surface area (Å²) in [7, 11) is -0.270. The van der Waals surface area contributed by atoms with E-state index in [4.69, 9.17) is 11.6 Å². The van der Waals surface area contributed by atoms with Gasteiger partial charge >= 0.3 is 0 Å². The van der Waals surface area contributed by atoms with Crippen LogP contribution in [0.4, 0.5) is 0 Å². The summed E-state index contributed by atoms with van der Waals surface area (Å²) < 4.78 is 0. The molecular weight excluding hydrogens is 311 g/mol. The van der Waals surface area contributed by atoms with Gasteiger partial charge in [-0.3, -0.25) is 4.90 Å².